The highest BCUT2D eigenvalue weighted by Crippen LogP contribution is 2.30. The van der Waals surface area contributed by atoms with Crippen LogP contribution in [0, 0.1) is 5.92 Å². The Morgan fingerprint density at radius 2 is 1.88 bits per heavy atom. The number of amides is 1. The maximum atomic E-state index is 12.2. The zero-order valence-corrected chi connectivity index (χ0v) is 14.7. The van der Waals surface area contributed by atoms with E-state index in [-0.39, 0.29) is 5.91 Å². The van der Waals surface area contributed by atoms with Crippen molar-refractivity contribution in [2.75, 3.05) is 25.1 Å². The summed E-state index contributed by atoms with van der Waals surface area (Å²) in [5, 5.41) is 6.29. The number of fused-ring (bicyclic) bond motifs is 1. The lowest BCUT2D eigenvalue weighted by atomic mass is 10.1. The van der Waals surface area contributed by atoms with Crippen molar-refractivity contribution in [1.82, 2.24) is 5.32 Å². The van der Waals surface area contributed by atoms with E-state index in [1.54, 1.807) is 0 Å². The largest absolute Gasteiger partial charge is 0.486 e. The van der Waals surface area contributed by atoms with Gasteiger partial charge in [0.15, 0.2) is 11.5 Å². The third-order valence-electron chi connectivity index (χ3n) is 3.90. The summed E-state index contributed by atoms with van der Waals surface area (Å²) in [5.41, 5.74) is 2.67. The van der Waals surface area contributed by atoms with E-state index >= 15 is 0 Å². The minimum absolute atomic E-state index is 0.0447. The first-order valence-corrected chi connectivity index (χ1v) is 8.62. The Kier molecular flexibility index (Phi) is 5.43. The Morgan fingerprint density at radius 3 is 2.68 bits per heavy atom. The number of anilines is 1. The molecule has 0 fully saturated rings. The van der Waals surface area contributed by atoms with Gasteiger partial charge in [-0.1, -0.05) is 26.0 Å². The topological polar surface area (TPSA) is 59.6 Å². The van der Waals surface area contributed by atoms with E-state index in [4.69, 9.17) is 9.47 Å². The second-order valence-electron chi connectivity index (χ2n) is 6.52. The van der Waals surface area contributed by atoms with Crippen molar-refractivity contribution in [2.24, 2.45) is 5.92 Å². The summed E-state index contributed by atoms with van der Waals surface area (Å²) in [7, 11) is 0. The van der Waals surface area contributed by atoms with Crippen molar-refractivity contribution in [1.29, 1.82) is 0 Å². The first-order valence-electron chi connectivity index (χ1n) is 8.62. The molecule has 0 unspecified atom stereocenters. The van der Waals surface area contributed by atoms with Gasteiger partial charge in [0.2, 0.25) is 0 Å². The number of hydrogen-bond acceptors (Lipinski definition) is 4. The molecule has 5 nitrogen and oxygen atoms in total. The molecule has 5 heteroatoms. The second kappa shape index (κ2) is 7.92. The average molecular weight is 340 g/mol. The quantitative estimate of drug-likeness (QED) is 0.845. The number of carbonyl (C=O) groups is 1. The van der Waals surface area contributed by atoms with Gasteiger partial charge in [-0.25, -0.2) is 0 Å². The Balaban J connectivity index is 1.61. The molecule has 2 aromatic rings. The maximum Gasteiger partial charge on any atom is 0.251 e. The van der Waals surface area contributed by atoms with Crippen molar-refractivity contribution >= 4 is 11.6 Å². The van der Waals surface area contributed by atoms with Gasteiger partial charge in [-0.15, -0.1) is 0 Å². The molecule has 0 saturated heterocycles. The van der Waals surface area contributed by atoms with Crippen molar-refractivity contribution < 1.29 is 14.3 Å². The van der Waals surface area contributed by atoms with Crippen LogP contribution in [0.15, 0.2) is 42.5 Å². The van der Waals surface area contributed by atoms with Crippen LogP contribution in [-0.4, -0.2) is 25.7 Å². The summed E-state index contributed by atoms with van der Waals surface area (Å²) in [4.78, 5) is 12.2. The van der Waals surface area contributed by atoms with Gasteiger partial charge in [-0.3, -0.25) is 4.79 Å². The summed E-state index contributed by atoms with van der Waals surface area (Å²) >= 11 is 0. The predicted octanol–water partition coefficient (Wildman–Crippen LogP) is 3.46. The Labute approximate surface area is 148 Å². The van der Waals surface area contributed by atoms with Gasteiger partial charge in [0.25, 0.3) is 5.91 Å². The molecule has 0 atom stereocenters. The van der Waals surface area contributed by atoms with Crippen molar-refractivity contribution in [3.63, 3.8) is 0 Å². The standard InChI is InChI=1S/C20H24N2O3/c1-14(2)12-22-20(23)16-4-3-5-17(11-16)21-13-15-6-7-18-19(10-15)25-9-8-24-18/h3-7,10-11,14,21H,8-9,12-13H2,1-2H3,(H,22,23). The molecular formula is C20H24N2O3. The van der Waals surface area contributed by atoms with Gasteiger partial charge >= 0.3 is 0 Å². The number of benzene rings is 2. The third-order valence-corrected chi connectivity index (χ3v) is 3.90. The average Bonchev–Trinajstić information content (AvgIpc) is 2.64. The highest BCUT2D eigenvalue weighted by atomic mass is 16.6. The van der Waals surface area contributed by atoms with Crippen LogP contribution in [0.5, 0.6) is 11.5 Å². The van der Waals surface area contributed by atoms with Gasteiger partial charge in [-0.2, -0.15) is 0 Å². The molecule has 2 aromatic carbocycles. The van der Waals surface area contributed by atoms with E-state index in [1.807, 2.05) is 42.5 Å². The van der Waals surface area contributed by atoms with Gasteiger partial charge < -0.3 is 20.1 Å². The lowest BCUT2D eigenvalue weighted by molar-refractivity contribution is 0.0949. The fourth-order valence-corrected chi connectivity index (χ4v) is 2.57. The molecule has 1 aliphatic rings. The molecule has 132 valence electrons. The zero-order chi connectivity index (χ0) is 17.6. The Morgan fingerprint density at radius 1 is 1.08 bits per heavy atom. The monoisotopic (exact) mass is 340 g/mol. The van der Waals surface area contributed by atoms with Crippen molar-refractivity contribution in [3.8, 4) is 11.5 Å². The SMILES string of the molecule is CC(C)CNC(=O)c1cccc(NCc2ccc3c(c2)OCCO3)c1. The van der Waals surface area contributed by atoms with Crippen LogP contribution in [0.2, 0.25) is 0 Å². The highest BCUT2D eigenvalue weighted by Gasteiger charge is 2.12. The zero-order valence-electron chi connectivity index (χ0n) is 14.7. The van der Waals surface area contributed by atoms with Crippen LogP contribution < -0.4 is 20.1 Å². The van der Waals surface area contributed by atoms with E-state index < -0.39 is 0 Å². The normalized spacial score (nSPS) is 12.8. The van der Waals surface area contributed by atoms with E-state index in [9.17, 15) is 4.79 Å². The Hall–Kier alpha value is -2.69. The van der Waals surface area contributed by atoms with Crippen molar-refractivity contribution in [2.45, 2.75) is 20.4 Å². The number of carbonyl (C=O) groups excluding carboxylic acids is 1. The van der Waals surface area contributed by atoms with E-state index in [1.165, 1.54) is 0 Å². The Bertz CT molecular complexity index is 743. The molecule has 0 aliphatic carbocycles. The number of rotatable bonds is 6. The van der Waals surface area contributed by atoms with Crippen LogP contribution in [0.1, 0.15) is 29.8 Å². The molecule has 0 bridgehead atoms. The molecule has 3 rings (SSSR count). The molecule has 25 heavy (non-hydrogen) atoms. The second-order valence-corrected chi connectivity index (χ2v) is 6.52. The predicted molar refractivity (Wildman–Crippen MR) is 98.4 cm³/mol. The fourth-order valence-electron chi connectivity index (χ4n) is 2.57. The van der Waals surface area contributed by atoms with E-state index in [2.05, 4.69) is 24.5 Å². The van der Waals surface area contributed by atoms with Crippen LogP contribution in [0.4, 0.5) is 5.69 Å². The maximum absolute atomic E-state index is 12.2. The summed E-state index contributed by atoms with van der Waals surface area (Å²) in [6.07, 6.45) is 0. The highest BCUT2D eigenvalue weighted by molar-refractivity contribution is 5.95. The minimum atomic E-state index is -0.0447. The third kappa shape index (κ3) is 4.66. The minimum Gasteiger partial charge on any atom is -0.486 e. The molecule has 1 aliphatic heterocycles. The molecule has 1 amide bonds. The van der Waals surface area contributed by atoms with Crippen LogP contribution >= 0.6 is 0 Å². The first kappa shape index (κ1) is 17.1. The van der Waals surface area contributed by atoms with E-state index in [0.29, 0.717) is 37.8 Å². The van der Waals surface area contributed by atoms with Gasteiger partial charge in [0.05, 0.1) is 0 Å². The summed E-state index contributed by atoms with van der Waals surface area (Å²) in [5.74, 6) is 1.96. The van der Waals surface area contributed by atoms with Crippen LogP contribution in [-0.2, 0) is 6.54 Å². The molecule has 0 spiro atoms. The van der Waals surface area contributed by atoms with Crippen molar-refractivity contribution in [3.05, 3.63) is 53.6 Å². The molecule has 0 aromatic heterocycles. The lowest BCUT2D eigenvalue weighted by Gasteiger charge is -2.19. The van der Waals surface area contributed by atoms with Gasteiger partial charge in [0.1, 0.15) is 13.2 Å². The molecular weight excluding hydrogens is 316 g/mol. The summed E-state index contributed by atoms with van der Waals surface area (Å²) in [6, 6.07) is 13.5. The number of nitrogens with one attached hydrogen (secondary N) is 2. The lowest BCUT2D eigenvalue weighted by Crippen LogP contribution is -2.27. The molecule has 0 saturated carbocycles. The fraction of sp³-hybridized carbons (Fsp3) is 0.350. The molecule has 1 heterocycles. The summed E-state index contributed by atoms with van der Waals surface area (Å²) in [6.45, 7) is 6.65. The van der Waals surface area contributed by atoms with Crippen LogP contribution in [0.3, 0.4) is 0 Å². The first-order chi connectivity index (χ1) is 12.1. The van der Waals surface area contributed by atoms with Gasteiger partial charge in [0, 0.05) is 24.3 Å². The summed E-state index contributed by atoms with van der Waals surface area (Å²) < 4.78 is 11.1. The van der Waals surface area contributed by atoms with Gasteiger partial charge in [-0.05, 0) is 41.8 Å². The smallest absolute Gasteiger partial charge is 0.251 e. The number of hydrogen-bond donors (Lipinski definition) is 2. The van der Waals surface area contributed by atoms with Crippen LogP contribution in [0.25, 0.3) is 0 Å². The number of ether oxygens (including phenoxy) is 2. The molecule has 0 radical (unpaired) electrons. The van der Waals surface area contributed by atoms with E-state index in [0.717, 1.165) is 22.7 Å². The molecule has 2 N–H and O–H groups in total.